The molecule has 3 N–H and O–H groups in total. The van der Waals surface area contributed by atoms with Crippen molar-refractivity contribution in [2.45, 2.75) is 25.7 Å². The van der Waals surface area contributed by atoms with Crippen LogP contribution in [-0.4, -0.2) is 52.1 Å². The maximum atomic E-state index is 12.3. The molecule has 2 aromatic rings. The van der Waals surface area contributed by atoms with Crippen molar-refractivity contribution in [3.8, 4) is 11.5 Å². The number of nitrogens with zero attached hydrogens (tertiary/aromatic N) is 1. The molecule has 0 saturated carbocycles. The van der Waals surface area contributed by atoms with Crippen molar-refractivity contribution in [3.63, 3.8) is 0 Å². The van der Waals surface area contributed by atoms with Gasteiger partial charge in [-0.2, -0.15) is 0 Å². The van der Waals surface area contributed by atoms with Crippen LogP contribution in [0.5, 0.6) is 11.5 Å². The Hall–Kier alpha value is -3.69. The van der Waals surface area contributed by atoms with Crippen LogP contribution >= 0.6 is 0 Å². The maximum absolute atomic E-state index is 12.3. The first-order valence-corrected chi connectivity index (χ1v) is 9.05. The predicted molar refractivity (Wildman–Crippen MR) is 106 cm³/mol. The van der Waals surface area contributed by atoms with E-state index in [0.29, 0.717) is 28.2 Å². The van der Waals surface area contributed by atoms with E-state index in [0.717, 1.165) is 6.08 Å². The summed E-state index contributed by atoms with van der Waals surface area (Å²) in [4.78, 5) is 53.1. The minimum Gasteiger partial charge on any atom is -0.493 e. The van der Waals surface area contributed by atoms with E-state index in [1.807, 2.05) is 0 Å². The summed E-state index contributed by atoms with van der Waals surface area (Å²) in [5.41, 5.74) is -0.00689. The summed E-state index contributed by atoms with van der Waals surface area (Å²) in [5, 5.41) is 18.1. The highest BCUT2D eigenvalue weighted by atomic mass is 16.5. The van der Waals surface area contributed by atoms with Gasteiger partial charge < -0.3 is 24.7 Å². The quantitative estimate of drug-likeness (QED) is 0.461. The van der Waals surface area contributed by atoms with Crippen LogP contribution in [0, 0.1) is 5.92 Å². The van der Waals surface area contributed by atoms with Gasteiger partial charge in [0.25, 0.3) is 5.56 Å². The van der Waals surface area contributed by atoms with Gasteiger partial charge >= 0.3 is 11.9 Å². The lowest BCUT2D eigenvalue weighted by molar-refractivity contribution is -0.141. The third-order valence-corrected chi connectivity index (χ3v) is 4.37. The van der Waals surface area contributed by atoms with Crippen LogP contribution in [0.15, 0.2) is 29.1 Å². The summed E-state index contributed by atoms with van der Waals surface area (Å²) in [7, 11) is 2.92. The van der Waals surface area contributed by atoms with Crippen molar-refractivity contribution < 1.29 is 34.1 Å². The summed E-state index contributed by atoms with van der Waals surface area (Å²) >= 11 is 0. The van der Waals surface area contributed by atoms with E-state index in [9.17, 15) is 19.2 Å². The van der Waals surface area contributed by atoms with Gasteiger partial charge in [-0.15, -0.1) is 0 Å². The molecule has 10 nitrogen and oxygen atoms in total. The number of carboxylic acids is 2. The number of ketones is 1. The molecule has 1 atom stereocenters. The molecule has 0 amide bonds. The first-order valence-electron chi connectivity index (χ1n) is 9.05. The van der Waals surface area contributed by atoms with Crippen molar-refractivity contribution in [2.24, 2.45) is 5.92 Å². The monoisotopic (exact) mass is 418 g/mol. The molecule has 0 aliphatic carbocycles. The van der Waals surface area contributed by atoms with E-state index < -0.39 is 23.4 Å². The molecular formula is C20H22N2O8. The first kappa shape index (κ1) is 22.6. The standard InChI is InChI=1S/C20H22N2O8/c1-29-15-9-13-14(10-16(15)30-2)21-17(22-19(13)26)7-6-12(23)5-3-11(20(27)28)4-8-18(24)25/h3,5,9-11H,4,6-8H2,1-2H3,(H,24,25)(H,27,28)(H,21,22,26)/b5-3+/t11-/m0/s1. The summed E-state index contributed by atoms with van der Waals surface area (Å²) in [6.45, 7) is 0. The lowest BCUT2D eigenvalue weighted by atomic mass is 10.0. The Morgan fingerprint density at radius 1 is 1.13 bits per heavy atom. The number of methoxy groups -OCH3 is 2. The molecule has 0 radical (unpaired) electrons. The van der Waals surface area contributed by atoms with Gasteiger partial charge in [-0.1, -0.05) is 6.08 Å². The second-order valence-electron chi connectivity index (χ2n) is 6.44. The number of rotatable bonds is 11. The number of aromatic nitrogens is 2. The Kier molecular flexibility index (Phi) is 7.68. The van der Waals surface area contributed by atoms with Gasteiger partial charge in [0, 0.05) is 25.3 Å². The van der Waals surface area contributed by atoms with Crippen LogP contribution in [-0.2, 0) is 20.8 Å². The molecule has 30 heavy (non-hydrogen) atoms. The Balaban J connectivity index is 2.10. The Bertz CT molecular complexity index is 1040. The number of allylic oxidation sites excluding steroid dienone is 1. The van der Waals surface area contributed by atoms with Gasteiger partial charge in [0.1, 0.15) is 5.82 Å². The number of fused-ring (bicyclic) bond motifs is 1. The van der Waals surface area contributed by atoms with Crippen LogP contribution in [0.25, 0.3) is 10.9 Å². The zero-order chi connectivity index (χ0) is 22.3. The fourth-order valence-corrected chi connectivity index (χ4v) is 2.76. The molecule has 2 rings (SSSR count). The highest BCUT2D eigenvalue weighted by Gasteiger charge is 2.16. The number of carbonyl (C=O) groups excluding carboxylic acids is 1. The number of ether oxygens (including phenoxy) is 2. The second kappa shape index (κ2) is 10.2. The van der Waals surface area contributed by atoms with E-state index in [2.05, 4.69) is 9.97 Å². The molecule has 0 fully saturated rings. The summed E-state index contributed by atoms with van der Waals surface area (Å²) < 4.78 is 10.4. The van der Waals surface area contributed by atoms with Gasteiger partial charge in [0.2, 0.25) is 0 Å². The molecule has 0 spiro atoms. The molecule has 0 bridgehead atoms. The number of carbonyl (C=O) groups is 3. The van der Waals surface area contributed by atoms with Gasteiger partial charge in [0.15, 0.2) is 17.3 Å². The molecule has 1 aromatic heterocycles. The SMILES string of the molecule is COc1cc2nc(CCC(=O)/C=C/[C@@H](CCC(=O)O)C(=O)O)[nH]c(=O)c2cc1OC. The molecule has 0 unspecified atom stereocenters. The number of hydrogen-bond acceptors (Lipinski definition) is 7. The predicted octanol–water partition coefficient (Wildman–Crippen LogP) is 1.56. The molecule has 0 saturated heterocycles. The van der Waals surface area contributed by atoms with E-state index in [4.69, 9.17) is 19.7 Å². The number of nitrogens with one attached hydrogen (secondary N) is 1. The smallest absolute Gasteiger partial charge is 0.310 e. The van der Waals surface area contributed by atoms with E-state index in [-0.39, 0.29) is 31.5 Å². The molecule has 0 aliphatic rings. The highest BCUT2D eigenvalue weighted by Crippen LogP contribution is 2.29. The zero-order valence-corrected chi connectivity index (χ0v) is 16.5. The summed E-state index contributed by atoms with van der Waals surface area (Å²) in [5.74, 6) is -2.65. The lowest BCUT2D eigenvalue weighted by Crippen LogP contribution is -2.14. The molecule has 10 heteroatoms. The van der Waals surface area contributed by atoms with E-state index in [1.54, 1.807) is 6.07 Å². The second-order valence-corrected chi connectivity index (χ2v) is 6.44. The van der Waals surface area contributed by atoms with Crippen molar-refractivity contribution >= 4 is 28.6 Å². The largest absolute Gasteiger partial charge is 0.493 e. The van der Waals surface area contributed by atoms with Crippen LogP contribution in [0.4, 0.5) is 0 Å². The van der Waals surface area contributed by atoms with Crippen molar-refractivity contribution in [3.05, 3.63) is 40.5 Å². The fourth-order valence-electron chi connectivity index (χ4n) is 2.76. The zero-order valence-electron chi connectivity index (χ0n) is 16.5. The fraction of sp³-hybridized carbons (Fsp3) is 0.350. The molecular weight excluding hydrogens is 396 g/mol. The number of carboxylic acid groups (broad SMARTS) is 2. The van der Waals surface area contributed by atoms with Gasteiger partial charge in [-0.05, 0) is 18.6 Å². The highest BCUT2D eigenvalue weighted by molar-refractivity contribution is 5.90. The third kappa shape index (κ3) is 5.90. The Labute approximate surface area is 171 Å². The first-order chi connectivity index (χ1) is 14.2. The van der Waals surface area contributed by atoms with Crippen molar-refractivity contribution in [2.75, 3.05) is 14.2 Å². The maximum Gasteiger partial charge on any atom is 0.310 e. The van der Waals surface area contributed by atoms with Crippen molar-refractivity contribution in [1.82, 2.24) is 9.97 Å². The van der Waals surface area contributed by atoms with Crippen LogP contribution in [0.2, 0.25) is 0 Å². The normalized spacial score (nSPS) is 12.1. The summed E-state index contributed by atoms with van der Waals surface area (Å²) in [6.07, 6.45) is 2.00. The topological polar surface area (TPSA) is 156 Å². The lowest BCUT2D eigenvalue weighted by Gasteiger charge is -2.09. The summed E-state index contributed by atoms with van der Waals surface area (Å²) in [6, 6.07) is 3.08. The number of aromatic amines is 1. The van der Waals surface area contributed by atoms with Crippen LogP contribution in [0.1, 0.15) is 25.1 Å². The minimum absolute atomic E-state index is 0.0104. The Morgan fingerprint density at radius 2 is 1.80 bits per heavy atom. The van der Waals surface area contributed by atoms with E-state index in [1.165, 1.54) is 26.4 Å². The van der Waals surface area contributed by atoms with Gasteiger partial charge in [0.05, 0.1) is 31.0 Å². The Morgan fingerprint density at radius 3 is 2.40 bits per heavy atom. The number of hydrogen-bond donors (Lipinski definition) is 3. The van der Waals surface area contributed by atoms with Gasteiger partial charge in [-0.3, -0.25) is 19.2 Å². The number of aryl methyl sites for hydroxylation is 1. The average molecular weight is 418 g/mol. The number of H-pyrrole nitrogens is 1. The molecule has 1 aromatic carbocycles. The molecule has 1 heterocycles. The molecule has 160 valence electrons. The number of aliphatic carboxylic acids is 2. The number of benzene rings is 1. The molecule has 0 aliphatic heterocycles. The third-order valence-electron chi connectivity index (χ3n) is 4.37. The average Bonchev–Trinajstić information content (AvgIpc) is 2.70. The van der Waals surface area contributed by atoms with Crippen LogP contribution in [0.3, 0.4) is 0 Å². The minimum atomic E-state index is -1.20. The van der Waals surface area contributed by atoms with E-state index >= 15 is 0 Å². The van der Waals surface area contributed by atoms with Crippen LogP contribution < -0.4 is 15.0 Å². The van der Waals surface area contributed by atoms with Gasteiger partial charge in [-0.25, -0.2) is 4.98 Å². The van der Waals surface area contributed by atoms with Crippen molar-refractivity contribution in [1.29, 1.82) is 0 Å².